The molecule has 2 rings (SSSR count). The third kappa shape index (κ3) is 2.45. The van der Waals surface area contributed by atoms with Crippen molar-refractivity contribution in [3.05, 3.63) is 35.4 Å². The predicted octanol–water partition coefficient (Wildman–Crippen LogP) is 2.24. The van der Waals surface area contributed by atoms with E-state index in [-0.39, 0.29) is 11.5 Å². The Balaban J connectivity index is 2.26. The quantitative estimate of drug-likeness (QED) is 0.842. The number of piperidine rings is 1. The van der Waals surface area contributed by atoms with Gasteiger partial charge in [0.1, 0.15) is 0 Å². The molecule has 0 aromatic heterocycles. The van der Waals surface area contributed by atoms with Gasteiger partial charge in [-0.1, -0.05) is 18.2 Å². The molecule has 5 nitrogen and oxygen atoms in total. The summed E-state index contributed by atoms with van der Waals surface area (Å²) in [7, 11) is 0. The number of amides is 1. The largest absolute Gasteiger partial charge is 0.478 e. The highest BCUT2D eigenvalue weighted by atomic mass is 16.4. The van der Waals surface area contributed by atoms with Gasteiger partial charge in [0.05, 0.1) is 5.56 Å². The normalized spacial score (nSPS) is 19.6. The number of nitrogens with zero attached hydrogens (tertiary/aromatic N) is 1. The molecule has 1 aliphatic heterocycles. The minimum atomic E-state index is -0.960. The monoisotopic (exact) mass is 249 g/mol. The van der Waals surface area contributed by atoms with Crippen LogP contribution in [0.25, 0.3) is 0 Å². The first-order valence-electron chi connectivity index (χ1n) is 5.89. The number of carboxylic acid groups (broad SMARTS) is 2. The summed E-state index contributed by atoms with van der Waals surface area (Å²) in [6, 6.07) is 6.82. The van der Waals surface area contributed by atoms with Crippen LogP contribution in [0.1, 0.15) is 34.7 Å². The number of hydrogen-bond donors (Lipinski definition) is 2. The number of carboxylic acids is 1. The fourth-order valence-electron chi connectivity index (χ4n) is 2.45. The highest BCUT2D eigenvalue weighted by molar-refractivity contribution is 5.89. The van der Waals surface area contributed by atoms with Crippen LogP contribution in [-0.2, 0) is 0 Å². The highest BCUT2D eigenvalue weighted by Crippen LogP contribution is 2.29. The number of hydrogen-bond acceptors (Lipinski definition) is 2. The summed E-state index contributed by atoms with van der Waals surface area (Å²) < 4.78 is 0. The van der Waals surface area contributed by atoms with Crippen LogP contribution >= 0.6 is 0 Å². The first-order valence-corrected chi connectivity index (χ1v) is 5.89. The van der Waals surface area contributed by atoms with Crippen LogP contribution < -0.4 is 0 Å². The van der Waals surface area contributed by atoms with Crippen molar-refractivity contribution in [2.75, 3.05) is 13.1 Å². The summed E-state index contributed by atoms with van der Waals surface area (Å²) in [6.45, 7) is 0.903. The molecule has 1 fully saturated rings. The maximum atomic E-state index is 11.1. The summed E-state index contributed by atoms with van der Waals surface area (Å²) in [5, 5.41) is 18.1. The Hall–Kier alpha value is -2.04. The molecule has 0 saturated carbocycles. The lowest BCUT2D eigenvalue weighted by Crippen LogP contribution is -2.38. The Kier molecular flexibility index (Phi) is 3.50. The van der Waals surface area contributed by atoms with Crippen molar-refractivity contribution in [3.63, 3.8) is 0 Å². The Morgan fingerprint density at radius 3 is 2.61 bits per heavy atom. The second-order valence-electron chi connectivity index (χ2n) is 4.46. The maximum Gasteiger partial charge on any atom is 0.407 e. The summed E-state index contributed by atoms with van der Waals surface area (Å²) in [4.78, 5) is 23.5. The van der Waals surface area contributed by atoms with E-state index in [0.29, 0.717) is 13.1 Å². The summed E-state index contributed by atoms with van der Waals surface area (Å²) in [5.74, 6) is -0.986. The van der Waals surface area contributed by atoms with E-state index in [1.54, 1.807) is 24.3 Å². The Morgan fingerprint density at radius 2 is 1.94 bits per heavy atom. The molecule has 1 unspecified atom stereocenters. The number of benzene rings is 1. The van der Waals surface area contributed by atoms with E-state index in [9.17, 15) is 9.59 Å². The van der Waals surface area contributed by atoms with Crippen molar-refractivity contribution < 1.29 is 19.8 Å². The molecule has 1 aromatic rings. The van der Waals surface area contributed by atoms with Crippen molar-refractivity contribution in [3.8, 4) is 0 Å². The molecule has 1 heterocycles. The van der Waals surface area contributed by atoms with Gasteiger partial charge in [0.25, 0.3) is 0 Å². The Labute approximate surface area is 105 Å². The van der Waals surface area contributed by atoms with Gasteiger partial charge < -0.3 is 15.1 Å². The van der Waals surface area contributed by atoms with E-state index in [2.05, 4.69) is 0 Å². The van der Waals surface area contributed by atoms with Crippen LogP contribution in [0.4, 0.5) is 4.79 Å². The number of likely N-dealkylation sites (tertiary alicyclic amines) is 1. The van der Waals surface area contributed by atoms with E-state index in [4.69, 9.17) is 10.2 Å². The van der Waals surface area contributed by atoms with Crippen LogP contribution in [0.3, 0.4) is 0 Å². The van der Waals surface area contributed by atoms with Crippen LogP contribution in [0.2, 0.25) is 0 Å². The van der Waals surface area contributed by atoms with Gasteiger partial charge in [-0.05, 0) is 24.5 Å². The topological polar surface area (TPSA) is 77.8 Å². The molecule has 1 aromatic carbocycles. The summed E-state index contributed by atoms with van der Waals surface area (Å²) in [6.07, 6.45) is 0.659. The first kappa shape index (κ1) is 12.4. The van der Waals surface area contributed by atoms with Gasteiger partial charge in [0.2, 0.25) is 0 Å². The van der Waals surface area contributed by atoms with Gasteiger partial charge in [-0.25, -0.2) is 9.59 Å². The van der Waals surface area contributed by atoms with Crippen molar-refractivity contribution in [1.82, 2.24) is 4.90 Å². The lowest BCUT2D eigenvalue weighted by atomic mass is 9.87. The van der Waals surface area contributed by atoms with Gasteiger partial charge in [-0.15, -0.1) is 0 Å². The Bertz CT molecular complexity index is 472. The Morgan fingerprint density at radius 1 is 1.22 bits per heavy atom. The molecule has 96 valence electrons. The fraction of sp³-hybridized carbons (Fsp3) is 0.385. The van der Waals surface area contributed by atoms with Crippen LogP contribution in [0, 0.1) is 0 Å². The van der Waals surface area contributed by atoms with Crippen molar-refractivity contribution >= 4 is 12.1 Å². The minimum Gasteiger partial charge on any atom is -0.478 e. The number of rotatable bonds is 2. The second kappa shape index (κ2) is 5.08. The molecule has 5 heteroatoms. The molecule has 2 N–H and O–H groups in total. The molecule has 0 bridgehead atoms. The third-order valence-electron chi connectivity index (χ3n) is 3.32. The first-order chi connectivity index (χ1) is 8.59. The molecule has 18 heavy (non-hydrogen) atoms. The second-order valence-corrected chi connectivity index (χ2v) is 4.46. The van der Waals surface area contributed by atoms with Gasteiger partial charge in [0, 0.05) is 19.0 Å². The maximum absolute atomic E-state index is 11.1. The van der Waals surface area contributed by atoms with Crippen LogP contribution in [0.5, 0.6) is 0 Å². The predicted molar refractivity (Wildman–Crippen MR) is 65.0 cm³/mol. The standard InChI is InChI=1S/C13H15NO4/c15-12(16)11-6-2-1-5-10(11)9-4-3-7-14(8-9)13(17)18/h1-2,5-6,9H,3-4,7-8H2,(H,15,16)(H,17,18). The smallest absolute Gasteiger partial charge is 0.407 e. The van der Waals surface area contributed by atoms with E-state index in [0.717, 1.165) is 18.4 Å². The molecule has 1 atom stereocenters. The molecular weight excluding hydrogens is 234 g/mol. The van der Waals surface area contributed by atoms with E-state index < -0.39 is 12.1 Å². The average molecular weight is 249 g/mol. The lowest BCUT2D eigenvalue weighted by Gasteiger charge is -2.31. The van der Waals surface area contributed by atoms with E-state index in [1.807, 2.05) is 0 Å². The SMILES string of the molecule is O=C(O)c1ccccc1C1CCCN(C(=O)O)C1. The molecular formula is C13H15NO4. The molecule has 1 aliphatic rings. The molecule has 0 aliphatic carbocycles. The van der Waals surface area contributed by atoms with Crippen molar-refractivity contribution in [1.29, 1.82) is 0 Å². The van der Waals surface area contributed by atoms with E-state index >= 15 is 0 Å². The fourth-order valence-corrected chi connectivity index (χ4v) is 2.45. The molecule has 1 amide bonds. The van der Waals surface area contributed by atoms with Crippen molar-refractivity contribution in [2.24, 2.45) is 0 Å². The molecule has 0 spiro atoms. The molecule has 1 saturated heterocycles. The van der Waals surface area contributed by atoms with Crippen LogP contribution in [-0.4, -0.2) is 40.3 Å². The van der Waals surface area contributed by atoms with E-state index in [1.165, 1.54) is 4.90 Å². The minimum absolute atomic E-state index is 0.0258. The summed E-state index contributed by atoms with van der Waals surface area (Å²) in [5.41, 5.74) is 1.01. The molecule has 0 radical (unpaired) electrons. The lowest BCUT2D eigenvalue weighted by molar-refractivity contribution is 0.0694. The van der Waals surface area contributed by atoms with Gasteiger partial charge in [-0.3, -0.25) is 0 Å². The number of aromatic carboxylic acids is 1. The van der Waals surface area contributed by atoms with Gasteiger partial charge in [-0.2, -0.15) is 0 Å². The summed E-state index contributed by atoms with van der Waals surface area (Å²) >= 11 is 0. The third-order valence-corrected chi connectivity index (χ3v) is 3.32. The van der Waals surface area contributed by atoms with Gasteiger partial charge >= 0.3 is 12.1 Å². The zero-order valence-electron chi connectivity index (χ0n) is 9.87. The van der Waals surface area contributed by atoms with Crippen molar-refractivity contribution in [2.45, 2.75) is 18.8 Å². The zero-order valence-corrected chi connectivity index (χ0v) is 9.87. The number of carbonyl (C=O) groups is 2. The zero-order chi connectivity index (χ0) is 13.1. The average Bonchev–Trinajstić information content (AvgIpc) is 2.39. The highest BCUT2D eigenvalue weighted by Gasteiger charge is 2.26. The van der Waals surface area contributed by atoms with Gasteiger partial charge in [0.15, 0.2) is 0 Å². The van der Waals surface area contributed by atoms with Crippen LogP contribution in [0.15, 0.2) is 24.3 Å².